The number of amides is 1. The Balaban J connectivity index is 1.68. The van der Waals surface area contributed by atoms with Crippen LogP contribution in [0.2, 0.25) is 0 Å². The van der Waals surface area contributed by atoms with E-state index in [1.807, 2.05) is 31.5 Å². The summed E-state index contributed by atoms with van der Waals surface area (Å²) in [5, 5.41) is 3.18. The van der Waals surface area contributed by atoms with Crippen LogP contribution in [0, 0.1) is 24.2 Å². The summed E-state index contributed by atoms with van der Waals surface area (Å²) in [6.45, 7) is 11.5. The molecule has 1 saturated carbocycles. The van der Waals surface area contributed by atoms with E-state index in [1.165, 1.54) is 31.3 Å². The molecule has 4 heteroatoms. The van der Waals surface area contributed by atoms with Gasteiger partial charge >= 0.3 is 0 Å². The van der Waals surface area contributed by atoms with Gasteiger partial charge in [-0.2, -0.15) is 0 Å². The number of carbonyl (C=O) groups is 2. The van der Waals surface area contributed by atoms with Crippen LogP contribution < -0.4 is 5.32 Å². The Morgan fingerprint density at radius 2 is 1.81 bits per heavy atom. The summed E-state index contributed by atoms with van der Waals surface area (Å²) in [7, 11) is 0. The molecule has 0 saturated heterocycles. The van der Waals surface area contributed by atoms with E-state index in [0.29, 0.717) is 18.0 Å². The lowest BCUT2D eigenvalue weighted by atomic mass is 9.83. The van der Waals surface area contributed by atoms with E-state index in [9.17, 15) is 9.59 Å². The number of hydrogen-bond donors (Lipinski definition) is 2. The molecular weight excluding hydrogens is 396 g/mol. The molecule has 2 N–H and O–H groups in total. The normalized spacial score (nSPS) is 22.5. The molecule has 1 fully saturated rings. The second-order valence-corrected chi connectivity index (χ2v) is 10.8. The predicted molar refractivity (Wildman–Crippen MR) is 131 cm³/mol. The molecule has 32 heavy (non-hydrogen) atoms. The van der Waals surface area contributed by atoms with Crippen molar-refractivity contribution in [3.8, 4) is 0 Å². The average Bonchev–Trinajstić information content (AvgIpc) is 3.00. The summed E-state index contributed by atoms with van der Waals surface area (Å²) < 4.78 is 0. The number of aromatic amines is 1. The van der Waals surface area contributed by atoms with Crippen LogP contribution in [0.1, 0.15) is 83.3 Å². The summed E-state index contributed by atoms with van der Waals surface area (Å²) in [5.74, 6) is 0.865. The lowest BCUT2D eigenvalue weighted by molar-refractivity contribution is -0.125. The van der Waals surface area contributed by atoms with Crippen molar-refractivity contribution in [1.29, 1.82) is 0 Å². The highest BCUT2D eigenvalue weighted by Gasteiger charge is 2.28. The third kappa shape index (κ3) is 6.34. The largest absolute Gasteiger partial charge is 0.367 e. The molecule has 0 bridgehead atoms. The summed E-state index contributed by atoms with van der Waals surface area (Å²) >= 11 is 0. The van der Waals surface area contributed by atoms with Gasteiger partial charge in [-0.1, -0.05) is 64.8 Å². The van der Waals surface area contributed by atoms with Crippen LogP contribution >= 0.6 is 0 Å². The smallest absolute Gasteiger partial charge is 0.228 e. The van der Waals surface area contributed by atoms with Crippen molar-refractivity contribution < 1.29 is 9.59 Å². The molecule has 0 radical (unpaired) electrons. The number of allylic oxidation sites excluding steroid dienone is 6. The van der Waals surface area contributed by atoms with Gasteiger partial charge in [-0.15, -0.1) is 0 Å². The Bertz CT molecular complexity index is 902. The number of rotatable bonds is 7. The van der Waals surface area contributed by atoms with Gasteiger partial charge in [0.2, 0.25) is 5.91 Å². The van der Waals surface area contributed by atoms with Gasteiger partial charge in [-0.05, 0) is 60.1 Å². The van der Waals surface area contributed by atoms with Gasteiger partial charge in [0.1, 0.15) is 0 Å². The summed E-state index contributed by atoms with van der Waals surface area (Å²) in [4.78, 5) is 29.6. The quantitative estimate of drug-likeness (QED) is 0.537. The van der Waals surface area contributed by atoms with Crippen molar-refractivity contribution in [3.63, 3.8) is 0 Å². The summed E-state index contributed by atoms with van der Waals surface area (Å²) in [6.07, 6.45) is 17.7. The zero-order chi connectivity index (χ0) is 23.3. The molecule has 0 spiro atoms. The molecule has 1 amide bonds. The maximum absolute atomic E-state index is 13.2. The molecule has 174 valence electrons. The first-order chi connectivity index (χ1) is 15.1. The van der Waals surface area contributed by atoms with E-state index >= 15 is 0 Å². The lowest BCUT2D eigenvalue weighted by Gasteiger charge is -2.27. The van der Waals surface area contributed by atoms with Crippen molar-refractivity contribution in [2.45, 2.75) is 79.1 Å². The number of nitrogens with one attached hydrogen (secondary N) is 2. The summed E-state index contributed by atoms with van der Waals surface area (Å²) in [6, 6.07) is 0. The van der Waals surface area contributed by atoms with E-state index in [-0.39, 0.29) is 23.5 Å². The molecular formula is C28H40N2O2. The standard InChI is InChI=1S/C28H40N2O2/c1-19-9-11-21(12-10-19)17-30-27(32)24(25-18-29-16-20(25)2)15-26(31)22-7-6-8-23(14-13-22)28(3,4)5/h7-8,13-14,16,18-19,21,24,29H,6,9-12,15,17H2,1-5H3,(H,30,32). The van der Waals surface area contributed by atoms with Crippen LogP contribution in [-0.4, -0.2) is 23.2 Å². The SMILES string of the molecule is Cc1c[nH]cc1C(CC(=O)C1=CCC=C(C(C)(C)C)C=C1)C(=O)NCC1CCC(C)CC1. The van der Waals surface area contributed by atoms with Crippen molar-refractivity contribution in [1.82, 2.24) is 10.3 Å². The topological polar surface area (TPSA) is 62.0 Å². The number of aromatic nitrogens is 1. The Morgan fingerprint density at radius 3 is 2.44 bits per heavy atom. The Hall–Kier alpha value is -2.36. The number of ketones is 1. The van der Waals surface area contributed by atoms with Crippen molar-refractivity contribution in [3.05, 3.63) is 59.0 Å². The van der Waals surface area contributed by atoms with Gasteiger partial charge in [0.05, 0.1) is 5.92 Å². The minimum Gasteiger partial charge on any atom is -0.367 e. The second kappa shape index (κ2) is 10.5. The maximum Gasteiger partial charge on any atom is 0.228 e. The molecule has 3 rings (SSSR count). The van der Waals surface area contributed by atoms with Crippen molar-refractivity contribution >= 4 is 11.7 Å². The Morgan fingerprint density at radius 1 is 1.09 bits per heavy atom. The molecule has 1 unspecified atom stereocenters. The summed E-state index contributed by atoms with van der Waals surface area (Å²) in [5.41, 5.74) is 3.91. The Labute approximate surface area is 193 Å². The highest BCUT2D eigenvalue weighted by atomic mass is 16.2. The molecule has 2 aliphatic carbocycles. The van der Waals surface area contributed by atoms with Crippen LogP contribution in [0.25, 0.3) is 0 Å². The number of Topliss-reactive ketones (excluding diaryl/α,β-unsaturated/α-hetero) is 1. The molecule has 4 nitrogen and oxygen atoms in total. The zero-order valence-electron chi connectivity index (χ0n) is 20.5. The number of carbonyl (C=O) groups excluding carboxylic acids is 2. The van der Waals surface area contributed by atoms with E-state index in [0.717, 1.165) is 23.5 Å². The van der Waals surface area contributed by atoms with Gasteiger partial charge in [0.15, 0.2) is 5.78 Å². The van der Waals surface area contributed by atoms with Crippen LogP contribution in [0.15, 0.2) is 47.8 Å². The first-order valence-corrected chi connectivity index (χ1v) is 12.2. The van der Waals surface area contributed by atoms with E-state index in [2.05, 4.69) is 50.1 Å². The minimum atomic E-state index is -0.469. The molecule has 0 aromatic carbocycles. The van der Waals surface area contributed by atoms with Crippen LogP contribution in [0.4, 0.5) is 0 Å². The third-order valence-electron chi connectivity index (χ3n) is 7.08. The fraction of sp³-hybridized carbons (Fsp3) is 0.571. The van der Waals surface area contributed by atoms with Gasteiger partial charge < -0.3 is 10.3 Å². The van der Waals surface area contributed by atoms with E-state index in [4.69, 9.17) is 0 Å². The van der Waals surface area contributed by atoms with Crippen LogP contribution in [0.5, 0.6) is 0 Å². The van der Waals surface area contributed by atoms with E-state index in [1.54, 1.807) is 0 Å². The fourth-order valence-electron chi connectivity index (χ4n) is 4.77. The van der Waals surface area contributed by atoms with Gasteiger partial charge in [-0.25, -0.2) is 0 Å². The lowest BCUT2D eigenvalue weighted by Crippen LogP contribution is -2.35. The highest BCUT2D eigenvalue weighted by Crippen LogP contribution is 2.31. The zero-order valence-corrected chi connectivity index (χ0v) is 20.5. The van der Waals surface area contributed by atoms with Gasteiger partial charge in [0, 0.05) is 30.9 Å². The van der Waals surface area contributed by atoms with Crippen LogP contribution in [-0.2, 0) is 9.59 Å². The van der Waals surface area contributed by atoms with E-state index < -0.39 is 5.92 Å². The highest BCUT2D eigenvalue weighted by molar-refractivity contribution is 6.01. The molecule has 1 aromatic heterocycles. The molecule has 2 aliphatic rings. The molecule has 1 aromatic rings. The van der Waals surface area contributed by atoms with Crippen molar-refractivity contribution in [2.75, 3.05) is 6.54 Å². The number of H-pyrrole nitrogens is 1. The predicted octanol–water partition coefficient (Wildman–Crippen LogP) is 6.17. The van der Waals surface area contributed by atoms with Crippen molar-refractivity contribution in [2.24, 2.45) is 17.3 Å². The minimum absolute atomic E-state index is 0.0250. The monoisotopic (exact) mass is 436 g/mol. The number of aryl methyl sites for hydroxylation is 1. The fourth-order valence-corrected chi connectivity index (χ4v) is 4.77. The molecule has 1 heterocycles. The maximum atomic E-state index is 13.2. The molecule has 1 atom stereocenters. The first-order valence-electron chi connectivity index (χ1n) is 12.2. The average molecular weight is 437 g/mol. The third-order valence-corrected chi connectivity index (χ3v) is 7.08. The molecule has 0 aliphatic heterocycles. The van der Waals surface area contributed by atoms with Gasteiger partial charge in [0.25, 0.3) is 0 Å². The van der Waals surface area contributed by atoms with Gasteiger partial charge in [-0.3, -0.25) is 9.59 Å². The second-order valence-electron chi connectivity index (χ2n) is 10.8. The first kappa shape index (κ1) is 24.3. The Kier molecular flexibility index (Phi) is 7.97. The van der Waals surface area contributed by atoms with Crippen LogP contribution in [0.3, 0.4) is 0 Å². The number of hydrogen-bond acceptors (Lipinski definition) is 2.